The topological polar surface area (TPSA) is 116 Å². The van der Waals surface area contributed by atoms with Crippen LogP contribution in [0, 0.1) is 17.0 Å². The molecule has 1 N–H and O–H groups in total. The van der Waals surface area contributed by atoms with Crippen LogP contribution in [-0.2, 0) is 17.9 Å². The Morgan fingerprint density at radius 1 is 1.27 bits per heavy atom. The number of benzene rings is 2. The number of carbonyl (C=O) groups excluding carboxylic acids is 1. The van der Waals surface area contributed by atoms with Crippen molar-refractivity contribution >= 4 is 45.2 Å². The molecule has 0 aliphatic rings. The number of halogens is 1. The molecule has 4 aromatic rings. The smallest absolute Gasteiger partial charge is 0.340 e. The number of fused-ring (bicyclic) bond motifs is 1. The van der Waals surface area contributed by atoms with Crippen molar-refractivity contribution in [3.63, 3.8) is 0 Å². The van der Waals surface area contributed by atoms with E-state index < -0.39 is 10.9 Å². The molecule has 0 amide bonds. The number of carbonyl (C=O) groups is 1. The van der Waals surface area contributed by atoms with Crippen LogP contribution >= 0.6 is 22.9 Å². The number of non-ortho nitro benzene ring substituents is 1. The van der Waals surface area contributed by atoms with E-state index in [0.29, 0.717) is 22.2 Å². The largest absolute Gasteiger partial charge is 0.456 e. The third-order valence-corrected chi connectivity index (χ3v) is 6.15. The Morgan fingerprint density at radius 2 is 2.06 bits per heavy atom. The highest BCUT2D eigenvalue weighted by atomic mass is 35.5. The van der Waals surface area contributed by atoms with E-state index in [2.05, 4.69) is 10.3 Å². The van der Waals surface area contributed by atoms with Gasteiger partial charge in [0.25, 0.3) is 11.2 Å². The summed E-state index contributed by atoms with van der Waals surface area (Å²) in [6.45, 7) is 1.84. The molecule has 0 atom stereocenters. The van der Waals surface area contributed by atoms with Crippen molar-refractivity contribution in [2.75, 3.05) is 5.32 Å². The minimum absolute atomic E-state index is 0.0129. The van der Waals surface area contributed by atoms with Crippen LogP contribution in [0.5, 0.6) is 0 Å². The van der Waals surface area contributed by atoms with E-state index in [1.807, 2.05) is 12.1 Å². The number of nitrogens with one attached hydrogen (secondary N) is 1. The van der Waals surface area contributed by atoms with Crippen LogP contribution < -0.4 is 10.9 Å². The Balaban J connectivity index is 1.56. The number of ether oxygens (including phenoxy) is 1. The number of thiazole rings is 1. The van der Waals surface area contributed by atoms with E-state index >= 15 is 0 Å². The molecular weight excluding hydrogens is 468 g/mol. The Bertz CT molecular complexity index is 1430. The lowest BCUT2D eigenvalue weighted by Crippen LogP contribution is -2.16. The van der Waals surface area contributed by atoms with Gasteiger partial charge in [-0.15, -0.1) is 11.3 Å². The molecule has 0 unspecified atom stereocenters. The summed E-state index contributed by atoms with van der Waals surface area (Å²) in [6, 6.07) is 12.4. The zero-order valence-electron chi connectivity index (χ0n) is 17.3. The van der Waals surface area contributed by atoms with Crippen LogP contribution in [0.2, 0.25) is 5.02 Å². The van der Waals surface area contributed by atoms with E-state index in [4.69, 9.17) is 16.3 Å². The summed E-state index contributed by atoms with van der Waals surface area (Å²) >= 11 is 7.48. The maximum Gasteiger partial charge on any atom is 0.340 e. The molecule has 0 spiro atoms. The summed E-state index contributed by atoms with van der Waals surface area (Å²) in [6.07, 6.45) is 0. The van der Waals surface area contributed by atoms with Gasteiger partial charge >= 0.3 is 5.97 Å². The van der Waals surface area contributed by atoms with E-state index in [9.17, 15) is 19.7 Å². The van der Waals surface area contributed by atoms with Crippen molar-refractivity contribution in [1.29, 1.82) is 0 Å². The highest BCUT2D eigenvalue weighted by Crippen LogP contribution is 2.25. The van der Waals surface area contributed by atoms with Gasteiger partial charge < -0.3 is 10.1 Å². The first-order valence-electron chi connectivity index (χ1n) is 9.73. The van der Waals surface area contributed by atoms with E-state index in [1.165, 1.54) is 33.9 Å². The van der Waals surface area contributed by atoms with Crippen LogP contribution in [-0.4, -0.2) is 20.3 Å². The van der Waals surface area contributed by atoms with Crippen molar-refractivity contribution in [1.82, 2.24) is 9.38 Å². The van der Waals surface area contributed by atoms with Gasteiger partial charge in [0.2, 0.25) is 0 Å². The number of anilines is 1. The highest BCUT2D eigenvalue weighted by molar-refractivity contribution is 7.15. The number of hydrogen-bond acceptors (Lipinski definition) is 8. The Morgan fingerprint density at radius 3 is 2.82 bits per heavy atom. The highest BCUT2D eigenvalue weighted by Gasteiger charge is 2.19. The standard InChI is InChI=1S/C22H17ClN4O5S/c1-13-12-33-22-25-15(8-20(28)26(13)22)11-32-21(29)17-9-16(27(30)31)6-7-19(17)24-10-14-4-2-3-5-18(14)23/h2-9,12,24H,10-11H2,1H3. The van der Waals surface area contributed by atoms with E-state index in [0.717, 1.165) is 17.3 Å². The van der Waals surface area contributed by atoms with Crippen molar-refractivity contribution in [3.05, 3.63) is 102 Å². The second-order valence-electron chi connectivity index (χ2n) is 7.09. The predicted octanol–water partition coefficient (Wildman–Crippen LogP) is 4.60. The van der Waals surface area contributed by atoms with Crippen molar-refractivity contribution < 1.29 is 14.5 Å². The maximum atomic E-state index is 12.8. The van der Waals surface area contributed by atoms with Crippen LogP contribution in [0.3, 0.4) is 0 Å². The Kier molecular flexibility index (Phi) is 6.38. The molecule has 0 aliphatic heterocycles. The molecule has 9 nitrogen and oxygen atoms in total. The third kappa shape index (κ3) is 4.86. The van der Waals surface area contributed by atoms with E-state index in [-0.39, 0.29) is 29.1 Å². The lowest BCUT2D eigenvalue weighted by molar-refractivity contribution is -0.384. The Hall–Kier alpha value is -3.76. The number of nitro groups is 1. The Labute approximate surface area is 196 Å². The number of nitrogens with zero attached hydrogens (tertiary/aromatic N) is 3. The number of nitro benzene ring substituents is 1. The fourth-order valence-corrected chi connectivity index (χ4v) is 4.29. The maximum absolute atomic E-state index is 12.8. The molecule has 0 saturated carbocycles. The lowest BCUT2D eigenvalue weighted by Gasteiger charge is -2.12. The van der Waals surface area contributed by atoms with Gasteiger partial charge in [0.05, 0.1) is 16.2 Å². The van der Waals surface area contributed by atoms with Crippen LogP contribution in [0.1, 0.15) is 27.3 Å². The summed E-state index contributed by atoms with van der Waals surface area (Å²) in [5.74, 6) is -0.787. The summed E-state index contributed by atoms with van der Waals surface area (Å²) < 4.78 is 6.81. The number of hydrogen-bond donors (Lipinski definition) is 1. The minimum atomic E-state index is -0.787. The zero-order chi connectivity index (χ0) is 23.5. The lowest BCUT2D eigenvalue weighted by atomic mass is 10.1. The zero-order valence-corrected chi connectivity index (χ0v) is 18.9. The number of aromatic nitrogens is 2. The van der Waals surface area contributed by atoms with Gasteiger partial charge in [-0.05, 0) is 24.6 Å². The summed E-state index contributed by atoms with van der Waals surface area (Å²) in [5.41, 5.74) is 1.65. The van der Waals surface area contributed by atoms with Gasteiger partial charge in [0.15, 0.2) is 4.96 Å². The molecule has 168 valence electrons. The fourth-order valence-electron chi connectivity index (χ4n) is 3.19. The monoisotopic (exact) mass is 484 g/mol. The summed E-state index contributed by atoms with van der Waals surface area (Å²) in [7, 11) is 0. The molecule has 0 radical (unpaired) electrons. The van der Waals surface area contributed by atoms with Gasteiger partial charge in [-0.1, -0.05) is 29.8 Å². The molecule has 0 saturated heterocycles. The minimum Gasteiger partial charge on any atom is -0.456 e. The molecule has 0 bridgehead atoms. The van der Waals surface area contributed by atoms with Gasteiger partial charge in [0.1, 0.15) is 6.61 Å². The first kappa shape index (κ1) is 22.4. The average molecular weight is 485 g/mol. The molecular formula is C22H17ClN4O5S. The molecule has 11 heteroatoms. The number of esters is 1. The summed E-state index contributed by atoms with van der Waals surface area (Å²) in [4.78, 5) is 40.6. The molecule has 2 aromatic carbocycles. The van der Waals surface area contributed by atoms with Crippen LogP contribution in [0.4, 0.5) is 11.4 Å². The van der Waals surface area contributed by atoms with Crippen LogP contribution in [0.15, 0.2) is 58.7 Å². The van der Waals surface area contributed by atoms with Crippen LogP contribution in [0.25, 0.3) is 4.96 Å². The quantitative estimate of drug-likeness (QED) is 0.231. The van der Waals surface area contributed by atoms with Gasteiger partial charge in [-0.2, -0.15) is 0 Å². The van der Waals surface area contributed by atoms with Crippen molar-refractivity contribution in [2.45, 2.75) is 20.1 Å². The second-order valence-corrected chi connectivity index (χ2v) is 8.33. The van der Waals surface area contributed by atoms with Gasteiger partial charge in [-0.3, -0.25) is 19.3 Å². The first-order valence-corrected chi connectivity index (χ1v) is 11.0. The van der Waals surface area contributed by atoms with Gasteiger partial charge in [-0.25, -0.2) is 9.78 Å². The normalized spacial score (nSPS) is 10.8. The van der Waals surface area contributed by atoms with Crippen molar-refractivity contribution in [3.8, 4) is 0 Å². The van der Waals surface area contributed by atoms with Gasteiger partial charge in [0, 0.05) is 46.5 Å². The molecule has 4 rings (SSSR count). The molecule has 2 heterocycles. The molecule has 0 fully saturated rings. The first-order chi connectivity index (χ1) is 15.8. The molecule has 33 heavy (non-hydrogen) atoms. The molecule has 0 aliphatic carbocycles. The summed E-state index contributed by atoms with van der Waals surface area (Å²) in [5, 5.41) is 16.7. The van der Waals surface area contributed by atoms with Crippen molar-refractivity contribution in [2.24, 2.45) is 0 Å². The fraction of sp³-hybridized carbons (Fsp3) is 0.136. The third-order valence-electron chi connectivity index (χ3n) is 4.84. The molecule has 2 aromatic heterocycles. The number of aryl methyl sites for hydroxylation is 1. The SMILES string of the molecule is Cc1csc2nc(COC(=O)c3cc([N+](=O)[O-])ccc3NCc3ccccc3Cl)cc(=O)n12. The second kappa shape index (κ2) is 9.39. The van der Waals surface area contributed by atoms with E-state index in [1.54, 1.807) is 24.4 Å². The average Bonchev–Trinajstić information content (AvgIpc) is 3.17. The number of rotatable bonds is 7. The predicted molar refractivity (Wildman–Crippen MR) is 125 cm³/mol.